The van der Waals surface area contributed by atoms with Gasteiger partial charge in [0, 0.05) is 13.6 Å². The third-order valence-electron chi connectivity index (χ3n) is 3.51. The van der Waals surface area contributed by atoms with Gasteiger partial charge < -0.3 is 10.2 Å². The van der Waals surface area contributed by atoms with Crippen LogP contribution in [0.2, 0.25) is 5.02 Å². The van der Waals surface area contributed by atoms with Crippen LogP contribution in [0.3, 0.4) is 0 Å². The molecule has 0 saturated carbocycles. The molecule has 0 aromatic heterocycles. The zero-order valence-electron chi connectivity index (χ0n) is 14.3. The number of para-hydroxylation sites is 1. The number of carbonyl (C=O) groups is 2. The summed E-state index contributed by atoms with van der Waals surface area (Å²) in [4.78, 5) is 27.5. The van der Waals surface area contributed by atoms with Crippen molar-refractivity contribution in [3.8, 4) is 6.07 Å². The highest BCUT2D eigenvalue weighted by atomic mass is 35.5. The van der Waals surface area contributed by atoms with Crippen molar-refractivity contribution in [1.29, 1.82) is 5.26 Å². The second-order valence-corrected chi connectivity index (χ2v) is 6.04. The van der Waals surface area contributed by atoms with Crippen LogP contribution in [0.1, 0.15) is 13.8 Å². The van der Waals surface area contributed by atoms with Crippen molar-refractivity contribution >= 4 is 29.1 Å². The Morgan fingerprint density at radius 2 is 2.00 bits per heavy atom. The summed E-state index contributed by atoms with van der Waals surface area (Å²) in [6.07, 6.45) is 0. The minimum Gasteiger partial charge on any atom is -0.335 e. The molecule has 1 rings (SSSR count). The lowest BCUT2D eigenvalue weighted by Gasteiger charge is -2.24. The molecule has 6 nitrogen and oxygen atoms in total. The van der Waals surface area contributed by atoms with Crippen LogP contribution in [0, 0.1) is 17.2 Å². The van der Waals surface area contributed by atoms with Crippen LogP contribution in [0.4, 0.5) is 5.69 Å². The Kier molecular flexibility index (Phi) is 8.24. The molecule has 0 spiro atoms. The fourth-order valence-electron chi connectivity index (χ4n) is 2.10. The molecular formula is C17H23ClN4O2. The first-order chi connectivity index (χ1) is 11.4. The number of hydrogen-bond acceptors (Lipinski definition) is 4. The standard InChI is InChI=1S/C17H23ClN4O2/c1-4-22(10-13(2)9-19)12-17(24)21(3)11-16(23)20-15-8-6-5-7-14(15)18/h5-8,13H,4,10-12H2,1-3H3,(H,20,23). The molecule has 0 aliphatic rings. The second kappa shape index (κ2) is 9.91. The van der Waals surface area contributed by atoms with Gasteiger partial charge in [0.1, 0.15) is 0 Å². The number of carbonyl (C=O) groups excluding carboxylic acids is 2. The average molecular weight is 351 g/mol. The molecule has 0 radical (unpaired) electrons. The zero-order valence-corrected chi connectivity index (χ0v) is 15.0. The van der Waals surface area contributed by atoms with Crippen LogP contribution in [0.15, 0.2) is 24.3 Å². The number of nitrogens with one attached hydrogen (secondary N) is 1. The monoisotopic (exact) mass is 350 g/mol. The van der Waals surface area contributed by atoms with Crippen molar-refractivity contribution in [2.45, 2.75) is 13.8 Å². The molecule has 1 atom stereocenters. The van der Waals surface area contributed by atoms with E-state index in [-0.39, 0.29) is 30.8 Å². The Labute approximate surface area is 148 Å². The van der Waals surface area contributed by atoms with E-state index in [1.165, 1.54) is 4.90 Å². The van der Waals surface area contributed by atoms with Gasteiger partial charge in [0.15, 0.2) is 0 Å². The molecule has 2 amide bonds. The first-order valence-electron chi connectivity index (χ1n) is 7.77. The van der Waals surface area contributed by atoms with E-state index in [4.69, 9.17) is 16.9 Å². The minimum atomic E-state index is -0.313. The normalized spacial score (nSPS) is 11.7. The van der Waals surface area contributed by atoms with Crippen molar-refractivity contribution in [2.75, 3.05) is 38.5 Å². The molecule has 0 aliphatic carbocycles. The van der Waals surface area contributed by atoms with E-state index in [0.717, 1.165) is 0 Å². The Bertz CT molecular complexity index is 615. The molecule has 0 aliphatic heterocycles. The van der Waals surface area contributed by atoms with Gasteiger partial charge in [-0.05, 0) is 25.6 Å². The van der Waals surface area contributed by atoms with E-state index >= 15 is 0 Å². The lowest BCUT2D eigenvalue weighted by Crippen LogP contribution is -2.42. The number of anilines is 1. The SMILES string of the molecule is CCN(CC(=O)N(C)CC(=O)Nc1ccccc1Cl)CC(C)C#N. The summed E-state index contributed by atoms with van der Waals surface area (Å²) in [7, 11) is 1.58. The number of hydrogen-bond donors (Lipinski definition) is 1. The summed E-state index contributed by atoms with van der Waals surface area (Å²) in [5.41, 5.74) is 0.517. The largest absolute Gasteiger partial charge is 0.335 e. The lowest BCUT2D eigenvalue weighted by molar-refractivity contribution is -0.134. The summed E-state index contributed by atoms with van der Waals surface area (Å²) < 4.78 is 0. The summed E-state index contributed by atoms with van der Waals surface area (Å²) in [6, 6.07) is 9.08. The molecule has 0 heterocycles. The smallest absolute Gasteiger partial charge is 0.244 e. The molecule has 1 aromatic rings. The number of benzene rings is 1. The van der Waals surface area contributed by atoms with Gasteiger partial charge in [-0.2, -0.15) is 5.26 Å². The molecule has 130 valence electrons. The molecule has 1 N–H and O–H groups in total. The van der Waals surface area contributed by atoms with E-state index in [1.54, 1.807) is 31.3 Å². The summed E-state index contributed by atoms with van der Waals surface area (Å²) in [6.45, 7) is 5.05. The molecular weight excluding hydrogens is 328 g/mol. The quantitative estimate of drug-likeness (QED) is 0.780. The van der Waals surface area contributed by atoms with Gasteiger partial charge in [-0.3, -0.25) is 14.5 Å². The van der Waals surface area contributed by atoms with Gasteiger partial charge in [0.2, 0.25) is 11.8 Å². The fraction of sp³-hybridized carbons (Fsp3) is 0.471. The minimum absolute atomic E-state index is 0.0601. The summed E-state index contributed by atoms with van der Waals surface area (Å²) in [5, 5.41) is 12.0. The van der Waals surface area contributed by atoms with Crippen LogP contribution in [-0.4, -0.2) is 54.8 Å². The van der Waals surface area contributed by atoms with Gasteiger partial charge in [-0.25, -0.2) is 0 Å². The molecule has 0 saturated heterocycles. The third kappa shape index (κ3) is 6.57. The molecule has 7 heteroatoms. The average Bonchev–Trinajstić information content (AvgIpc) is 2.55. The van der Waals surface area contributed by atoms with E-state index in [1.807, 2.05) is 18.7 Å². The highest BCUT2D eigenvalue weighted by Gasteiger charge is 2.17. The summed E-state index contributed by atoms with van der Waals surface area (Å²) >= 11 is 5.99. The van der Waals surface area contributed by atoms with Gasteiger partial charge in [0.05, 0.1) is 35.8 Å². The number of nitrogens with zero attached hydrogens (tertiary/aromatic N) is 3. The number of nitriles is 1. The zero-order chi connectivity index (χ0) is 18.1. The maximum absolute atomic E-state index is 12.2. The van der Waals surface area contributed by atoms with Crippen molar-refractivity contribution in [2.24, 2.45) is 5.92 Å². The van der Waals surface area contributed by atoms with Crippen LogP contribution < -0.4 is 5.32 Å². The van der Waals surface area contributed by atoms with Gasteiger partial charge >= 0.3 is 0 Å². The molecule has 1 unspecified atom stereocenters. The number of halogens is 1. The number of amides is 2. The Morgan fingerprint density at radius 3 is 2.58 bits per heavy atom. The van der Waals surface area contributed by atoms with E-state index < -0.39 is 0 Å². The van der Waals surface area contributed by atoms with Gasteiger partial charge in [0.25, 0.3) is 0 Å². The Hall–Kier alpha value is -2.10. The predicted molar refractivity (Wildman–Crippen MR) is 94.6 cm³/mol. The van der Waals surface area contributed by atoms with Gasteiger partial charge in [-0.15, -0.1) is 0 Å². The topological polar surface area (TPSA) is 76.4 Å². The van der Waals surface area contributed by atoms with Crippen LogP contribution in [0.25, 0.3) is 0 Å². The number of likely N-dealkylation sites (N-methyl/N-ethyl adjacent to an activating group) is 2. The fourth-order valence-corrected chi connectivity index (χ4v) is 2.28. The van der Waals surface area contributed by atoms with E-state index in [0.29, 0.717) is 23.8 Å². The first kappa shape index (κ1) is 19.9. The van der Waals surface area contributed by atoms with Crippen LogP contribution >= 0.6 is 11.6 Å². The van der Waals surface area contributed by atoms with Crippen LogP contribution in [0.5, 0.6) is 0 Å². The molecule has 0 bridgehead atoms. The number of rotatable bonds is 8. The van der Waals surface area contributed by atoms with Gasteiger partial charge in [-0.1, -0.05) is 30.7 Å². The highest BCUT2D eigenvalue weighted by molar-refractivity contribution is 6.33. The second-order valence-electron chi connectivity index (χ2n) is 5.64. The van der Waals surface area contributed by atoms with Crippen LogP contribution in [-0.2, 0) is 9.59 Å². The predicted octanol–water partition coefficient (Wildman–Crippen LogP) is 2.22. The van der Waals surface area contributed by atoms with Crippen molar-refractivity contribution in [1.82, 2.24) is 9.80 Å². The van der Waals surface area contributed by atoms with Crippen molar-refractivity contribution in [3.63, 3.8) is 0 Å². The van der Waals surface area contributed by atoms with Crippen molar-refractivity contribution in [3.05, 3.63) is 29.3 Å². The molecule has 0 fully saturated rings. The Balaban J connectivity index is 2.52. The maximum Gasteiger partial charge on any atom is 0.244 e. The summed E-state index contributed by atoms with van der Waals surface area (Å²) in [5.74, 6) is -0.629. The third-order valence-corrected chi connectivity index (χ3v) is 3.84. The lowest BCUT2D eigenvalue weighted by atomic mass is 10.2. The van der Waals surface area contributed by atoms with Crippen molar-refractivity contribution < 1.29 is 9.59 Å². The highest BCUT2D eigenvalue weighted by Crippen LogP contribution is 2.20. The molecule has 1 aromatic carbocycles. The first-order valence-corrected chi connectivity index (χ1v) is 8.15. The molecule has 24 heavy (non-hydrogen) atoms. The maximum atomic E-state index is 12.2. The van der Waals surface area contributed by atoms with E-state index in [2.05, 4.69) is 11.4 Å². The van der Waals surface area contributed by atoms with E-state index in [9.17, 15) is 9.59 Å². The Morgan fingerprint density at radius 1 is 1.33 bits per heavy atom.